The number of methoxy groups -OCH3 is 1. The van der Waals surface area contributed by atoms with Crippen LogP contribution in [0.4, 0.5) is 11.4 Å². The van der Waals surface area contributed by atoms with Crippen LogP contribution in [0, 0.1) is 0 Å². The minimum atomic E-state index is -0.369. The van der Waals surface area contributed by atoms with E-state index in [0.29, 0.717) is 11.3 Å². The number of fused-ring (bicyclic) bond motifs is 7. The maximum Gasteiger partial charge on any atom is 0.343 e. The molecule has 0 bridgehead atoms. The molecule has 0 N–H and O–H groups in total. The SMILES string of the molecule is COc1cc2c(cc1N1CCN(c3ccc(OC(=O)c4ccc(-c5ccccc5)cc4)cc3)CC1)C1=C(C3=CC=COC32)C(C)(C)c2ccccc21. The molecule has 2 aliphatic heterocycles. The monoisotopic (exact) mass is 684 g/mol. The highest BCUT2D eigenvalue weighted by Crippen LogP contribution is 2.59. The van der Waals surface area contributed by atoms with Crippen LogP contribution in [0.1, 0.15) is 52.6 Å². The molecule has 1 unspecified atom stereocenters. The lowest BCUT2D eigenvalue weighted by Crippen LogP contribution is -2.46. The van der Waals surface area contributed by atoms with Crippen LogP contribution >= 0.6 is 0 Å². The number of carbonyl (C=O) groups excluding carboxylic acids is 1. The van der Waals surface area contributed by atoms with E-state index in [4.69, 9.17) is 14.2 Å². The highest BCUT2D eigenvalue weighted by Gasteiger charge is 2.46. The van der Waals surface area contributed by atoms with Crippen LogP contribution in [-0.2, 0) is 10.2 Å². The van der Waals surface area contributed by atoms with Crippen molar-refractivity contribution in [1.29, 1.82) is 0 Å². The third-order valence-electron chi connectivity index (χ3n) is 11.0. The number of piperazine rings is 1. The van der Waals surface area contributed by atoms with Gasteiger partial charge in [0.15, 0.2) is 0 Å². The van der Waals surface area contributed by atoms with Crippen molar-refractivity contribution >= 4 is 22.9 Å². The van der Waals surface area contributed by atoms with Crippen molar-refractivity contribution in [3.63, 3.8) is 0 Å². The van der Waals surface area contributed by atoms with E-state index in [1.54, 1.807) is 13.4 Å². The van der Waals surface area contributed by atoms with Crippen LogP contribution in [0.25, 0.3) is 16.7 Å². The molecule has 1 atom stereocenters. The maximum absolute atomic E-state index is 12.9. The van der Waals surface area contributed by atoms with Gasteiger partial charge in [-0.1, -0.05) is 86.7 Å². The zero-order valence-electron chi connectivity index (χ0n) is 29.6. The third-order valence-corrected chi connectivity index (χ3v) is 11.0. The van der Waals surface area contributed by atoms with E-state index in [1.165, 1.54) is 33.4 Å². The average molecular weight is 685 g/mol. The van der Waals surface area contributed by atoms with Crippen molar-refractivity contribution in [1.82, 2.24) is 0 Å². The second-order valence-corrected chi connectivity index (χ2v) is 14.3. The van der Waals surface area contributed by atoms with Gasteiger partial charge in [-0.15, -0.1) is 0 Å². The van der Waals surface area contributed by atoms with Crippen molar-refractivity contribution in [3.05, 3.63) is 173 Å². The number of carbonyl (C=O) groups is 1. The fraction of sp³-hybridized carbons (Fsp3) is 0.196. The van der Waals surface area contributed by atoms with Gasteiger partial charge in [-0.05, 0) is 93.6 Å². The molecule has 52 heavy (non-hydrogen) atoms. The number of rotatable bonds is 6. The molecule has 6 nitrogen and oxygen atoms in total. The first-order valence-electron chi connectivity index (χ1n) is 18.0. The van der Waals surface area contributed by atoms with Crippen molar-refractivity contribution < 1.29 is 19.0 Å². The van der Waals surface area contributed by atoms with Crippen LogP contribution in [0.15, 0.2) is 145 Å². The van der Waals surface area contributed by atoms with Crippen molar-refractivity contribution in [3.8, 4) is 22.6 Å². The first-order chi connectivity index (χ1) is 25.4. The van der Waals surface area contributed by atoms with E-state index in [1.807, 2.05) is 72.8 Å². The van der Waals surface area contributed by atoms with Gasteiger partial charge in [-0.25, -0.2) is 4.79 Å². The minimum Gasteiger partial charge on any atom is -0.495 e. The fourth-order valence-corrected chi connectivity index (χ4v) is 8.45. The Hall–Kier alpha value is -6.01. The van der Waals surface area contributed by atoms with Gasteiger partial charge in [0.05, 0.1) is 24.6 Å². The molecular formula is C46H40N2O4. The minimum absolute atomic E-state index is 0.143. The molecule has 5 aromatic rings. The number of allylic oxidation sites excluding steroid dienone is 2. The third kappa shape index (κ3) is 5.29. The van der Waals surface area contributed by atoms with E-state index in [9.17, 15) is 4.79 Å². The van der Waals surface area contributed by atoms with Crippen molar-refractivity contribution in [2.45, 2.75) is 25.4 Å². The second kappa shape index (κ2) is 12.6. The zero-order valence-corrected chi connectivity index (χ0v) is 29.6. The number of nitrogens with zero attached hydrogens (tertiary/aromatic N) is 2. The molecule has 2 heterocycles. The summed E-state index contributed by atoms with van der Waals surface area (Å²) >= 11 is 0. The summed E-state index contributed by atoms with van der Waals surface area (Å²) in [5.74, 6) is 1.02. The molecular weight excluding hydrogens is 645 g/mol. The Bertz CT molecular complexity index is 2280. The quantitative estimate of drug-likeness (QED) is 0.131. The summed E-state index contributed by atoms with van der Waals surface area (Å²) in [7, 11) is 1.76. The molecule has 0 aromatic heterocycles. The van der Waals surface area contributed by atoms with Crippen molar-refractivity contribution in [2.24, 2.45) is 0 Å². The van der Waals surface area contributed by atoms with Crippen LogP contribution in [0.3, 0.4) is 0 Å². The molecule has 5 aromatic carbocycles. The normalized spacial score (nSPS) is 18.1. The molecule has 1 fully saturated rings. The van der Waals surface area contributed by atoms with Crippen LogP contribution in [-0.4, -0.2) is 39.3 Å². The Morgan fingerprint density at radius 1 is 0.769 bits per heavy atom. The molecule has 0 saturated carbocycles. The summed E-state index contributed by atoms with van der Waals surface area (Å²) < 4.78 is 18.1. The van der Waals surface area contributed by atoms with Gasteiger partial charge < -0.3 is 24.0 Å². The van der Waals surface area contributed by atoms with Crippen molar-refractivity contribution in [2.75, 3.05) is 43.1 Å². The van der Waals surface area contributed by atoms with E-state index >= 15 is 0 Å². The highest BCUT2D eigenvalue weighted by molar-refractivity contribution is 5.97. The molecule has 0 amide bonds. The van der Waals surface area contributed by atoms with Gasteiger partial charge in [0.1, 0.15) is 17.6 Å². The number of anilines is 2. The molecule has 0 radical (unpaired) electrons. The summed E-state index contributed by atoms with van der Waals surface area (Å²) in [6, 6.07) is 38.8. The Morgan fingerprint density at radius 3 is 2.21 bits per heavy atom. The highest BCUT2D eigenvalue weighted by atomic mass is 16.5. The van der Waals surface area contributed by atoms with Crippen LogP contribution in [0.2, 0.25) is 0 Å². The molecule has 2 aliphatic carbocycles. The lowest BCUT2D eigenvalue weighted by atomic mass is 9.72. The van der Waals surface area contributed by atoms with E-state index in [-0.39, 0.29) is 17.5 Å². The second-order valence-electron chi connectivity index (χ2n) is 14.3. The van der Waals surface area contributed by atoms with Crippen LogP contribution < -0.4 is 19.3 Å². The molecule has 0 spiro atoms. The zero-order chi connectivity index (χ0) is 35.4. The van der Waals surface area contributed by atoms with E-state index in [2.05, 4.69) is 78.3 Å². The Morgan fingerprint density at radius 2 is 1.46 bits per heavy atom. The predicted molar refractivity (Wildman–Crippen MR) is 207 cm³/mol. The number of hydrogen-bond donors (Lipinski definition) is 0. The summed E-state index contributed by atoms with van der Waals surface area (Å²) in [6.45, 7) is 8.04. The van der Waals surface area contributed by atoms with E-state index < -0.39 is 0 Å². The topological polar surface area (TPSA) is 51.2 Å². The van der Waals surface area contributed by atoms with Gasteiger partial charge in [-0.2, -0.15) is 0 Å². The Labute approximate surface area is 304 Å². The summed E-state index contributed by atoms with van der Waals surface area (Å²) in [5.41, 5.74) is 13.7. The summed E-state index contributed by atoms with van der Waals surface area (Å²) in [5, 5.41) is 0. The summed E-state index contributed by atoms with van der Waals surface area (Å²) in [6.07, 6.45) is 5.87. The van der Waals surface area contributed by atoms with Crippen LogP contribution in [0.5, 0.6) is 11.5 Å². The predicted octanol–water partition coefficient (Wildman–Crippen LogP) is 9.53. The lowest BCUT2D eigenvalue weighted by molar-refractivity contribution is 0.0734. The fourth-order valence-electron chi connectivity index (χ4n) is 8.45. The number of ether oxygens (including phenoxy) is 3. The number of hydrogen-bond acceptors (Lipinski definition) is 6. The first-order valence-corrected chi connectivity index (χ1v) is 18.0. The number of benzene rings is 5. The Kier molecular flexibility index (Phi) is 7.76. The first kappa shape index (κ1) is 31.9. The molecule has 258 valence electrons. The largest absolute Gasteiger partial charge is 0.495 e. The van der Waals surface area contributed by atoms with Gasteiger partial charge >= 0.3 is 5.97 Å². The lowest BCUT2D eigenvalue weighted by Gasteiger charge is -2.39. The van der Waals surface area contributed by atoms with Gasteiger partial charge in [0, 0.05) is 48.4 Å². The molecule has 1 saturated heterocycles. The standard InChI is InChI=1S/C46H40N2O4/c1-46(2)39-14-8-7-12-35(39)42-37-28-40(41(50-3)29-38(37)44-36(43(42)46)13-9-27-51-44)48-25-23-47(24-26-48)33-19-21-34(22-20-33)52-45(49)32-17-15-31(16-18-32)30-10-5-4-6-11-30/h4-22,27-29,44H,23-26H2,1-3H3. The Balaban J connectivity index is 0.923. The van der Waals surface area contributed by atoms with E-state index in [0.717, 1.165) is 60.0 Å². The summed E-state index contributed by atoms with van der Waals surface area (Å²) in [4.78, 5) is 17.7. The van der Waals surface area contributed by atoms with Gasteiger partial charge in [0.2, 0.25) is 0 Å². The molecule has 4 aliphatic rings. The number of esters is 1. The molecule has 9 rings (SSSR count). The average Bonchev–Trinajstić information content (AvgIpc) is 3.45. The van der Waals surface area contributed by atoms with Gasteiger partial charge in [-0.3, -0.25) is 0 Å². The van der Waals surface area contributed by atoms with Gasteiger partial charge in [0.25, 0.3) is 0 Å². The maximum atomic E-state index is 12.9. The smallest absolute Gasteiger partial charge is 0.343 e. The molecule has 6 heteroatoms.